The molecule has 1 aromatic heterocycles. The molecule has 1 aromatic rings. The Morgan fingerprint density at radius 2 is 2.50 bits per heavy atom. The Hall–Kier alpha value is -1.29. The van der Waals surface area contributed by atoms with Crippen LogP contribution in [0.25, 0.3) is 0 Å². The van der Waals surface area contributed by atoms with Gasteiger partial charge in [0.15, 0.2) is 0 Å². The van der Waals surface area contributed by atoms with Crippen LogP contribution in [0.1, 0.15) is 5.56 Å². The Morgan fingerprint density at radius 3 is 3.08 bits per heavy atom. The Balaban J connectivity index is 2.89. The summed E-state index contributed by atoms with van der Waals surface area (Å²) in [5.74, 6) is -0.806. The summed E-state index contributed by atoms with van der Waals surface area (Å²) in [5, 5.41) is 8.46. The third-order valence-corrected chi connectivity index (χ3v) is 1.41. The van der Waals surface area contributed by atoms with Crippen LogP contribution in [0.4, 0.5) is 0 Å². The van der Waals surface area contributed by atoms with Gasteiger partial charge in [0.1, 0.15) is 11.9 Å². The van der Waals surface area contributed by atoms with Gasteiger partial charge in [-0.15, -0.1) is 0 Å². The predicted molar refractivity (Wildman–Crippen MR) is 42.1 cm³/mol. The molecule has 1 N–H and O–H groups in total. The highest BCUT2D eigenvalue weighted by atomic mass is 35.5. The lowest BCUT2D eigenvalue weighted by Crippen LogP contribution is -2.01. The molecule has 12 heavy (non-hydrogen) atoms. The summed E-state index contributed by atoms with van der Waals surface area (Å²) < 4.78 is 4.34. The van der Waals surface area contributed by atoms with Crippen molar-refractivity contribution in [1.29, 1.82) is 0 Å². The van der Waals surface area contributed by atoms with Crippen LogP contribution in [0.5, 0.6) is 5.88 Å². The minimum Gasteiger partial charge on any atom is -0.481 e. The van der Waals surface area contributed by atoms with Crippen LogP contribution >= 0.6 is 11.9 Å². The fourth-order valence-corrected chi connectivity index (χ4v) is 0.930. The van der Waals surface area contributed by atoms with Crippen LogP contribution in [0.2, 0.25) is 0 Å². The van der Waals surface area contributed by atoms with E-state index in [1.807, 2.05) is 0 Å². The van der Waals surface area contributed by atoms with E-state index in [4.69, 9.17) is 17.0 Å². The van der Waals surface area contributed by atoms with E-state index < -0.39 is 5.97 Å². The first kappa shape index (κ1) is 8.80. The van der Waals surface area contributed by atoms with Gasteiger partial charge in [0.25, 0.3) is 0 Å². The standard InChI is InChI=1S/C7H6ClNO3/c8-12-7-5(4-6(10)11)2-1-3-9-7/h1-3H,4H2,(H,10,11). The van der Waals surface area contributed by atoms with Crippen LogP contribution in [0, 0.1) is 0 Å². The first-order valence-electron chi connectivity index (χ1n) is 3.18. The highest BCUT2D eigenvalue weighted by Crippen LogP contribution is 2.15. The molecule has 0 amide bonds. The molecule has 0 saturated carbocycles. The molecule has 0 spiro atoms. The Labute approximate surface area is 73.9 Å². The van der Waals surface area contributed by atoms with Gasteiger partial charge in [0, 0.05) is 11.8 Å². The van der Waals surface area contributed by atoms with Gasteiger partial charge in [-0.2, -0.15) is 0 Å². The molecule has 1 heterocycles. The largest absolute Gasteiger partial charge is 0.481 e. The van der Waals surface area contributed by atoms with Crippen LogP contribution < -0.4 is 4.29 Å². The van der Waals surface area contributed by atoms with E-state index >= 15 is 0 Å². The lowest BCUT2D eigenvalue weighted by Gasteiger charge is -2.00. The summed E-state index contributed by atoms with van der Waals surface area (Å²) in [6, 6.07) is 3.22. The van der Waals surface area contributed by atoms with E-state index in [9.17, 15) is 4.79 Å². The molecule has 0 radical (unpaired) electrons. The Kier molecular flexibility index (Phi) is 2.88. The molecular formula is C7H6ClNO3. The number of hydrogen-bond acceptors (Lipinski definition) is 3. The summed E-state index contributed by atoms with van der Waals surface area (Å²) in [7, 11) is 0. The third kappa shape index (κ3) is 2.10. The minimum atomic E-state index is -0.946. The second-order valence-corrected chi connectivity index (χ2v) is 2.27. The maximum absolute atomic E-state index is 10.3. The van der Waals surface area contributed by atoms with Gasteiger partial charge in [-0.1, -0.05) is 6.07 Å². The number of pyridine rings is 1. The molecule has 0 aromatic carbocycles. The van der Waals surface area contributed by atoms with Crippen LogP contribution in [0.15, 0.2) is 18.3 Å². The predicted octanol–water partition coefficient (Wildman–Crippen LogP) is 1.24. The fraction of sp³-hybridized carbons (Fsp3) is 0.143. The lowest BCUT2D eigenvalue weighted by molar-refractivity contribution is -0.136. The molecule has 0 atom stereocenters. The summed E-state index contributed by atoms with van der Waals surface area (Å²) >= 11 is 5.06. The third-order valence-electron chi connectivity index (χ3n) is 1.26. The van der Waals surface area contributed by atoms with Gasteiger partial charge < -0.3 is 9.40 Å². The molecule has 5 heteroatoms. The topological polar surface area (TPSA) is 59.4 Å². The van der Waals surface area contributed by atoms with Crippen LogP contribution in [0.3, 0.4) is 0 Å². The quantitative estimate of drug-likeness (QED) is 0.774. The van der Waals surface area contributed by atoms with Crippen molar-refractivity contribution in [2.45, 2.75) is 6.42 Å². The summed E-state index contributed by atoms with van der Waals surface area (Å²) in [4.78, 5) is 14.0. The zero-order chi connectivity index (χ0) is 8.97. The smallest absolute Gasteiger partial charge is 0.308 e. The maximum Gasteiger partial charge on any atom is 0.308 e. The Morgan fingerprint density at radius 1 is 1.75 bits per heavy atom. The van der Waals surface area contributed by atoms with Crippen molar-refractivity contribution in [2.75, 3.05) is 0 Å². The molecule has 0 aliphatic heterocycles. The first-order chi connectivity index (χ1) is 5.74. The number of aromatic nitrogens is 1. The molecule has 1 rings (SSSR count). The second kappa shape index (κ2) is 3.92. The maximum atomic E-state index is 10.3. The van der Waals surface area contributed by atoms with Gasteiger partial charge in [-0.05, 0) is 6.07 Å². The zero-order valence-electron chi connectivity index (χ0n) is 6.03. The number of carboxylic acid groups (broad SMARTS) is 1. The SMILES string of the molecule is O=C(O)Cc1cccnc1OCl. The number of aliphatic carboxylic acids is 1. The minimum absolute atomic E-state index is 0.140. The number of halogens is 1. The second-order valence-electron chi connectivity index (χ2n) is 2.12. The average Bonchev–Trinajstić information content (AvgIpc) is 2.04. The molecule has 4 nitrogen and oxygen atoms in total. The number of rotatable bonds is 3. The van der Waals surface area contributed by atoms with Crippen molar-refractivity contribution < 1.29 is 14.2 Å². The molecule has 0 fully saturated rings. The molecule has 0 saturated heterocycles. The molecular weight excluding hydrogens is 182 g/mol. The van der Waals surface area contributed by atoms with E-state index in [-0.39, 0.29) is 12.3 Å². The molecule has 0 aliphatic rings. The van der Waals surface area contributed by atoms with E-state index in [0.29, 0.717) is 5.56 Å². The fourth-order valence-electron chi connectivity index (χ4n) is 0.791. The van der Waals surface area contributed by atoms with E-state index in [2.05, 4.69) is 9.27 Å². The van der Waals surface area contributed by atoms with Gasteiger partial charge in [-0.25, -0.2) is 4.98 Å². The van der Waals surface area contributed by atoms with Gasteiger partial charge in [0.05, 0.1) is 6.42 Å². The van der Waals surface area contributed by atoms with E-state index in [1.165, 1.54) is 6.20 Å². The number of nitrogens with zero attached hydrogens (tertiary/aromatic N) is 1. The highest BCUT2D eigenvalue weighted by Gasteiger charge is 2.07. The zero-order valence-corrected chi connectivity index (χ0v) is 6.78. The molecule has 64 valence electrons. The van der Waals surface area contributed by atoms with Gasteiger partial charge in [-0.3, -0.25) is 4.79 Å². The number of carboxylic acids is 1. The van der Waals surface area contributed by atoms with Crippen molar-refractivity contribution in [2.24, 2.45) is 0 Å². The van der Waals surface area contributed by atoms with E-state index in [1.54, 1.807) is 12.1 Å². The highest BCUT2D eigenvalue weighted by molar-refractivity contribution is 6.09. The van der Waals surface area contributed by atoms with Crippen molar-refractivity contribution in [3.63, 3.8) is 0 Å². The normalized spacial score (nSPS) is 9.42. The summed E-state index contributed by atoms with van der Waals surface area (Å²) in [6.07, 6.45) is 1.33. The Bertz CT molecular complexity index is 290. The molecule has 0 unspecified atom stereocenters. The van der Waals surface area contributed by atoms with Gasteiger partial charge in [0.2, 0.25) is 5.88 Å². The van der Waals surface area contributed by atoms with Crippen molar-refractivity contribution in [3.05, 3.63) is 23.9 Å². The van der Waals surface area contributed by atoms with Crippen molar-refractivity contribution in [1.82, 2.24) is 4.98 Å². The summed E-state index contributed by atoms with van der Waals surface area (Å²) in [5.41, 5.74) is 0.458. The number of carbonyl (C=O) groups is 1. The van der Waals surface area contributed by atoms with Crippen LogP contribution in [-0.2, 0) is 11.2 Å². The monoisotopic (exact) mass is 187 g/mol. The molecule has 0 bridgehead atoms. The van der Waals surface area contributed by atoms with Crippen molar-refractivity contribution in [3.8, 4) is 5.88 Å². The van der Waals surface area contributed by atoms with Gasteiger partial charge >= 0.3 is 5.97 Å². The summed E-state index contributed by atoms with van der Waals surface area (Å²) in [6.45, 7) is 0. The lowest BCUT2D eigenvalue weighted by atomic mass is 10.2. The number of hydrogen-bond donors (Lipinski definition) is 1. The van der Waals surface area contributed by atoms with Crippen molar-refractivity contribution >= 4 is 17.8 Å². The first-order valence-corrected chi connectivity index (χ1v) is 3.49. The molecule has 0 aliphatic carbocycles. The average molecular weight is 188 g/mol. The van der Waals surface area contributed by atoms with E-state index in [0.717, 1.165) is 0 Å². The van der Waals surface area contributed by atoms with Crippen LogP contribution in [-0.4, -0.2) is 16.1 Å².